The van der Waals surface area contributed by atoms with Gasteiger partial charge in [0.05, 0.1) is 23.3 Å². The second-order valence-corrected chi connectivity index (χ2v) is 7.67. The molecule has 0 aromatic rings. The van der Waals surface area contributed by atoms with Crippen LogP contribution in [-0.2, 0) is 19.4 Å². The summed E-state index contributed by atoms with van der Waals surface area (Å²) in [5.74, 6) is -2.22. The second-order valence-electron chi connectivity index (χ2n) is 5.44. The van der Waals surface area contributed by atoms with Crippen molar-refractivity contribution in [3.8, 4) is 0 Å². The third-order valence-electron chi connectivity index (χ3n) is 3.98. The van der Waals surface area contributed by atoms with E-state index >= 15 is 0 Å². The Kier molecular flexibility index (Phi) is 4.13. The summed E-state index contributed by atoms with van der Waals surface area (Å²) in [4.78, 5) is 23.1. The van der Waals surface area contributed by atoms with Crippen molar-refractivity contribution in [3.05, 3.63) is 0 Å². The summed E-state index contributed by atoms with van der Waals surface area (Å²) in [7, 11) is -3.06. The molecule has 2 rings (SSSR count). The van der Waals surface area contributed by atoms with E-state index in [-0.39, 0.29) is 23.5 Å². The molecule has 2 aliphatic rings. The molecule has 0 aromatic carbocycles. The number of nitrogens with one attached hydrogen (secondary N) is 1. The number of aliphatic carboxylic acids is 1. The van der Waals surface area contributed by atoms with Crippen molar-refractivity contribution in [3.63, 3.8) is 0 Å². The molecule has 19 heavy (non-hydrogen) atoms. The molecule has 2 N–H and O–H groups in total. The SMILES string of the molecule is O=C(O)C1CCCC1C(=O)NC1CCCS(=O)(=O)C1. The number of carbonyl (C=O) groups excluding carboxylic acids is 1. The number of carboxylic acid groups (broad SMARTS) is 1. The number of carboxylic acids is 1. The number of amides is 1. The fraction of sp³-hybridized carbons (Fsp3) is 0.833. The Labute approximate surface area is 112 Å². The first-order valence-corrected chi connectivity index (χ1v) is 8.45. The maximum atomic E-state index is 12.1. The summed E-state index contributed by atoms with van der Waals surface area (Å²) in [6, 6.07) is -0.360. The van der Waals surface area contributed by atoms with Crippen LogP contribution in [0.2, 0.25) is 0 Å². The lowest BCUT2D eigenvalue weighted by atomic mass is 9.95. The maximum absolute atomic E-state index is 12.1. The fourth-order valence-corrected chi connectivity index (χ4v) is 4.65. The Morgan fingerprint density at radius 2 is 1.74 bits per heavy atom. The van der Waals surface area contributed by atoms with Crippen molar-refractivity contribution in [1.82, 2.24) is 5.32 Å². The van der Waals surface area contributed by atoms with Crippen LogP contribution in [0.25, 0.3) is 0 Å². The van der Waals surface area contributed by atoms with Crippen LogP contribution in [-0.4, -0.2) is 42.9 Å². The standard InChI is InChI=1S/C12H19NO5S/c14-11(9-4-1-5-10(9)12(15)16)13-8-3-2-6-19(17,18)7-8/h8-10H,1-7H2,(H,13,14)(H,15,16). The van der Waals surface area contributed by atoms with Gasteiger partial charge in [-0.3, -0.25) is 9.59 Å². The first kappa shape index (κ1) is 14.3. The molecule has 0 spiro atoms. The van der Waals surface area contributed by atoms with Crippen LogP contribution in [0.1, 0.15) is 32.1 Å². The van der Waals surface area contributed by atoms with Crippen molar-refractivity contribution in [1.29, 1.82) is 0 Å². The highest BCUT2D eigenvalue weighted by atomic mass is 32.2. The quantitative estimate of drug-likeness (QED) is 0.772. The summed E-state index contributed by atoms with van der Waals surface area (Å²) >= 11 is 0. The van der Waals surface area contributed by atoms with Gasteiger partial charge < -0.3 is 10.4 Å². The Morgan fingerprint density at radius 1 is 1.05 bits per heavy atom. The van der Waals surface area contributed by atoms with Gasteiger partial charge in [0.1, 0.15) is 0 Å². The van der Waals surface area contributed by atoms with Crippen molar-refractivity contribution < 1.29 is 23.1 Å². The van der Waals surface area contributed by atoms with Crippen molar-refractivity contribution in [2.24, 2.45) is 11.8 Å². The maximum Gasteiger partial charge on any atom is 0.307 e. The number of carbonyl (C=O) groups is 2. The van der Waals surface area contributed by atoms with E-state index < -0.39 is 27.6 Å². The van der Waals surface area contributed by atoms with Gasteiger partial charge >= 0.3 is 5.97 Å². The van der Waals surface area contributed by atoms with E-state index in [4.69, 9.17) is 5.11 Å². The topological polar surface area (TPSA) is 101 Å². The Morgan fingerprint density at radius 3 is 2.37 bits per heavy atom. The van der Waals surface area contributed by atoms with Gasteiger partial charge in [0.2, 0.25) is 5.91 Å². The van der Waals surface area contributed by atoms with Gasteiger partial charge in [-0.1, -0.05) is 6.42 Å². The highest BCUT2D eigenvalue weighted by Crippen LogP contribution is 2.32. The molecule has 0 radical (unpaired) electrons. The van der Waals surface area contributed by atoms with Gasteiger partial charge in [0, 0.05) is 6.04 Å². The lowest BCUT2D eigenvalue weighted by Crippen LogP contribution is -2.46. The Balaban J connectivity index is 1.95. The number of rotatable bonds is 3. The summed E-state index contributed by atoms with van der Waals surface area (Å²) in [6.07, 6.45) is 3.03. The molecule has 3 atom stereocenters. The average Bonchev–Trinajstić information content (AvgIpc) is 2.76. The molecule has 2 fully saturated rings. The zero-order valence-electron chi connectivity index (χ0n) is 10.7. The van der Waals surface area contributed by atoms with Crippen LogP contribution in [0.15, 0.2) is 0 Å². The predicted molar refractivity (Wildman–Crippen MR) is 68.3 cm³/mol. The molecule has 1 amide bonds. The summed E-state index contributed by atoms with van der Waals surface area (Å²) < 4.78 is 23.0. The normalized spacial score (nSPS) is 33.8. The highest BCUT2D eigenvalue weighted by Gasteiger charge is 2.39. The smallest absolute Gasteiger partial charge is 0.307 e. The zero-order chi connectivity index (χ0) is 14.0. The van der Waals surface area contributed by atoms with E-state index in [1.165, 1.54) is 0 Å². The molecule has 1 aliphatic carbocycles. The molecule has 3 unspecified atom stereocenters. The monoisotopic (exact) mass is 289 g/mol. The minimum atomic E-state index is -3.06. The summed E-state index contributed by atoms with van der Waals surface area (Å²) in [5, 5.41) is 11.8. The first-order valence-electron chi connectivity index (χ1n) is 6.62. The molecule has 1 saturated heterocycles. The van der Waals surface area contributed by atoms with Crippen molar-refractivity contribution in [2.75, 3.05) is 11.5 Å². The predicted octanol–water partition coefficient (Wildman–Crippen LogP) is 0.181. The zero-order valence-corrected chi connectivity index (χ0v) is 11.5. The number of hydrogen-bond donors (Lipinski definition) is 2. The van der Waals surface area contributed by atoms with E-state index in [0.29, 0.717) is 25.7 Å². The van der Waals surface area contributed by atoms with Crippen LogP contribution in [0.4, 0.5) is 0 Å². The van der Waals surface area contributed by atoms with Gasteiger partial charge in [-0.2, -0.15) is 0 Å². The summed E-state index contributed by atoms with van der Waals surface area (Å²) in [6.45, 7) is 0. The van der Waals surface area contributed by atoms with Gasteiger partial charge in [0.25, 0.3) is 0 Å². The lowest BCUT2D eigenvalue weighted by molar-refractivity contribution is -0.146. The van der Waals surface area contributed by atoms with Crippen LogP contribution in [0.3, 0.4) is 0 Å². The van der Waals surface area contributed by atoms with Crippen LogP contribution in [0, 0.1) is 11.8 Å². The Hall–Kier alpha value is -1.11. The minimum absolute atomic E-state index is 0.0246. The first-order chi connectivity index (χ1) is 8.89. The number of sulfone groups is 1. The van der Waals surface area contributed by atoms with Gasteiger partial charge in [-0.15, -0.1) is 0 Å². The largest absolute Gasteiger partial charge is 0.481 e. The van der Waals surface area contributed by atoms with Crippen molar-refractivity contribution in [2.45, 2.75) is 38.1 Å². The molecular weight excluding hydrogens is 270 g/mol. The Bertz CT molecular complexity index is 473. The third-order valence-corrected chi connectivity index (χ3v) is 5.80. The fourth-order valence-electron chi connectivity index (χ4n) is 3.01. The van der Waals surface area contributed by atoms with Crippen LogP contribution < -0.4 is 5.32 Å². The van der Waals surface area contributed by atoms with Gasteiger partial charge in [0.15, 0.2) is 9.84 Å². The van der Waals surface area contributed by atoms with Crippen LogP contribution in [0.5, 0.6) is 0 Å². The van der Waals surface area contributed by atoms with E-state index in [2.05, 4.69) is 5.32 Å². The molecule has 108 valence electrons. The lowest BCUT2D eigenvalue weighted by Gasteiger charge is -2.25. The summed E-state index contributed by atoms with van der Waals surface area (Å²) in [5.41, 5.74) is 0. The van der Waals surface area contributed by atoms with E-state index in [1.54, 1.807) is 0 Å². The minimum Gasteiger partial charge on any atom is -0.481 e. The molecule has 0 aromatic heterocycles. The number of hydrogen-bond acceptors (Lipinski definition) is 4. The molecule has 7 heteroatoms. The van der Waals surface area contributed by atoms with Crippen molar-refractivity contribution >= 4 is 21.7 Å². The molecule has 0 bridgehead atoms. The third kappa shape index (κ3) is 3.46. The molecule has 6 nitrogen and oxygen atoms in total. The van der Waals surface area contributed by atoms with Crippen LogP contribution >= 0.6 is 0 Å². The molecular formula is C12H19NO5S. The van der Waals surface area contributed by atoms with E-state index in [0.717, 1.165) is 6.42 Å². The second kappa shape index (κ2) is 5.48. The average molecular weight is 289 g/mol. The van der Waals surface area contributed by atoms with Gasteiger partial charge in [-0.05, 0) is 25.7 Å². The van der Waals surface area contributed by atoms with E-state index in [1.807, 2.05) is 0 Å². The molecule has 1 saturated carbocycles. The van der Waals surface area contributed by atoms with E-state index in [9.17, 15) is 18.0 Å². The van der Waals surface area contributed by atoms with Gasteiger partial charge in [-0.25, -0.2) is 8.42 Å². The highest BCUT2D eigenvalue weighted by molar-refractivity contribution is 7.91. The molecule has 1 heterocycles. The molecule has 1 aliphatic heterocycles.